The molecule has 25 heavy (non-hydrogen) atoms. The van der Waals surface area contributed by atoms with Gasteiger partial charge >= 0.3 is 0 Å². The van der Waals surface area contributed by atoms with Gasteiger partial charge in [-0.2, -0.15) is 0 Å². The normalized spacial score (nSPS) is 12.8. The summed E-state index contributed by atoms with van der Waals surface area (Å²) in [5.41, 5.74) is 0. The molecule has 0 saturated heterocycles. The number of nitrogens with one attached hydrogen (secondary N) is 1. The summed E-state index contributed by atoms with van der Waals surface area (Å²) in [6.45, 7) is 4.35. The van der Waals surface area contributed by atoms with Gasteiger partial charge in [0.25, 0.3) is 0 Å². The van der Waals surface area contributed by atoms with Gasteiger partial charge in [-0.3, -0.25) is 10.2 Å². The average Bonchev–Trinajstić information content (AvgIpc) is 3.29. The first kappa shape index (κ1) is 17.4. The van der Waals surface area contributed by atoms with Crippen LogP contribution < -0.4 is 5.32 Å². The summed E-state index contributed by atoms with van der Waals surface area (Å²) < 4.78 is 6.13. The molecule has 0 saturated carbocycles. The smallest absolute Gasteiger partial charge is 0.122 e. The number of rotatable bonds is 8. The third-order valence-electron chi connectivity index (χ3n) is 4.56. The van der Waals surface area contributed by atoms with Gasteiger partial charge in [-0.1, -0.05) is 0 Å². The molecular formula is C17H26N8. The highest BCUT2D eigenvalue weighted by Gasteiger charge is 2.18. The van der Waals surface area contributed by atoms with Crippen LogP contribution >= 0.6 is 0 Å². The van der Waals surface area contributed by atoms with Crippen molar-refractivity contribution in [3.8, 4) is 0 Å². The van der Waals surface area contributed by atoms with Crippen molar-refractivity contribution in [3.05, 3.63) is 54.7 Å². The zero-order chi connectivity index (χ0) is 17.8. The van der Waals surface area contributed by atoms with E-state index in [1.165, 1.54) is 0 Å². The van der Waals surface area contributed by atoms with Gasteiger partial charge in [0.15, 0.2) is 0 Å². The third kappa shape index (κ3) is 4.15. The van der Waals surface area contributed by atoms with Crippen LogP contribution in [0, 0.1) is 0 Å². The van der Waals surface area contributed by atoms with E-state index in [0.717, 1.165) is 30.6 Å². The molecule has 8 nitrogen and oxygen atoms in total. The minimum absolute atomic E-state index is 0.144. The lowest BCUT2D eigenvalue weighted by Crippen LogP contribution is -2.43. The van der Waals surface area contributed by atoms with E-state index in [9.17, 15) is 0 Å². The second kappa shape index (κ2) is 7.62. The summed E-state index contributed by atoms with van der Waals surface area (Å²) in [7, 11) is 6.05. The van der Waals surface area contributed by atoms with Gasteiger partial charge in [0.1, 0.15) is 17.5 Å². The molecule has 3 rings (SSSR count). The highest BCUT2D eigenvalue weighted by atomic mass is 15.3. The van der Waals surface area contributed by atoms with Crippen molar-refractivity contribution in [2.24, 2.45) is 21.1 Å². The molecule has 0 aliphatic heterocycles. The number of imidazole rings is 3. The van der Waals surface area contributed by atoms with Crippen molar-refractivity contribution in [2.45, 2.75) is 32.7 Å². The van der Waals surface area contributed by atoms with Gasteiger partial charge in [-0.25, -0.2) is 15.0 Å². The van der Waals surface area contributed by atoms with Gasteiger partial charge in [0.2, 0.25) is 0 Å². The molecule has 1 unspecified atom stereocenters. The molecule has 3 aromatic rings. The second-order valence-electron chi connectivity index (χ2n) is 6.32. The van der Waals surface area contributed by atoms with Gasteiger partial charge in [0.05, 0.1) is 25.8 Å². The van der Waals surface area contributed by atoms with E-state index in [-0.39, 0.29) is 6.17 Å². The zero-order valence-electron chi connectivity index (χ0n) is 15.3. The first-order chi connectivity index (χ1) is 12.0. The van der Waals surface area contributed by atoms with Crippen LogP contribution in [0.4, 0.5) is 0 Å². The van der Waals surface area contributed by atoms with E-state index < -0.39 is 0 Å². The Morgan fingerprint density at radius 1 is 0.840 bits per heavy atom. The Hall–Kier alpha value is -2.45. The Morgan fingerprint density at radius 2 is 1.28 bits per heavy atom. The highest BCUT2D eigenvalue weighted by molar-refractivity contribution is 4.96. The van der Waals surface area contributed by atoms with Crippen LogP contribution in [0.1, 0.15) is 24.4 Å². The molecule has 3 aromatic heterocycles. The van der Waals surface area contributed by atoms with Crippen molar-refractivity contribution >= 4 is 0 Å². The van der Waals surface area contributed by atoms with Gasteiger partial charge < -0.3 is 13.7 Å². The molecule has 0 aliphatic carbocycles. The fourth-order valence-electron chi connectivity index (χ4n) is 2.73. The van der Waals surface area contributed by atoms with E-state index >= 15 is 0 Å². The summed E-state index contributed by atoms with van der Waals surface area (Å²) >= 11 is 0. The Labute approximate surface area is 148 Å². The Morgan fingerprint density at radius 3 is 1.68 bits per heavy atom. The minimum atomic E-state index is 0.144. The molecule has 0 fully saturated rings. The summed E-state index contributed by atoms with van der Waals surface area (Å²) in [6.07, 6.45) is 11.5. The number of aryl methyl sites for hydroxylation is 3. The van der Waals surface area contributed by atoms with Crippen molar-refractivity contribution < 1.29 is 0 Å². The Bertz CT molecular complexity index is 757. The number of nitrogens with zero attached hydrogens (tertiary/aromatic N) is 7. The quantitative estimate of drug-likeness (QED) is 0.619. The van der Waals surface area contributed by atoms with Crippen LogP contribution in [0.2, 0.25) is 0 Å². The van der Waals surface area contributed by atoms with Crippen LogP contribution in [0.5, 0.6) is 0 Å². The maximum Gasteiger partial charge on any atom is 0.122 e. The van der Waals surface area contributed by atoms with E-state index in [4.69, 9.17) is 0 Å². The monoisotopic (exact) mass is 342 g/mol. The average molecular weight is 342 g/mol. The molecule has 3 heterocycles. The van der Waals surface area contributed by atoms with Gasteiger partial charge in [-0.05, 0) is 6.92 Å². The molecule has 0 aromatic carbocycles. The molecule has 0 spiro atoms. The van der Waals surface area contributed by atoms with Crippen LogP contribution in [-0.2, 0) is 40.8 Å². The second-order valence-corrected chi connectivity index (χ2v) is 6.32. The highest BCUT2D eigenvalue weighted by Crippen LogP contribution is 2.10. The topological polar surface area (TPSA) is 68.7 Å². The van der Waals surface area contributed by atoms with Crippen LogP contribution in [-0.4, -0.2) is 39.7 Å². The molecule has 0 bridgehead atoms. The van der Waals surface area contributed by atoms with E-state index in [1.807, 2.05) is 62.9 Å². The largest absolute Gasteiger partial charge is 0.337 e. The maximum absolute atomic E-state index is 4.46. The van der Waals surface area contributed by atoms with Crippen LogP contribution in [0.25, 0.3) is 0 Å². The Kier molecular flexibility index (Phi) is 5.30. The molecule has 1 atom stereocenters. The molecule has 0 radical (unpaired) electrons. The van der Waals surface area contributed by atoms with Crippen molar-refractivity contribution in [1.82, 2.24) is 38.9 Å². The fourth-order valence-corrected chi connectivity index (χ4v) is 2.73. The minimum Gasteiger partial charge on any atom is -0.337 e. The molecular weight excluding hydrogens is 316 g/mol. The predicted molar refractivity (Wildman–Crippen MR) is 95.2 cm³/mol. The number of aromatic nitrogens is 6. The van der Waals surface area contributed by atoms with Gasteiger partial charge in [0, 0.05) is 58.3 Å². The van der Waals surface area contributed by atoms with E-state index in [2.05, 4.69) is 41.2 Å². The third-order valence-corrected chi connectivity index (χ3v) is 4.56. The first-order valence-corrected chi connectivity index (χ1v) is 8.40. The predicted octanol–water partition coefficient (Wildman–Crippen LogP) is 1.03. The number of hydrogen-bond acceptors (Lipinski definition) is 5. The molecule has 134 valence electrons. The maximum atomic E-state index is 4.46. The summed E-state index contributed by atoms with van der Waals surface area (Å²) in [6, 6.07) is 0. The van der Waals surface area contributed by atoms with E-state index in [0.29, 0.717) is 6.54 Å². The first-order valence-electron chi connectivity index (χ1n) is 8.40. The van der Waals surface area contributed by atoms with Crippen LogP contribution in [0.15, 0.2) is 37.2 Å². The SMILES string of the molecule is CC(NCc1nccn1C)N(Cc1nccn1C)Cc1nccn1C. The molecule has 0 amide bonds. The molecule has 8 heteroatoms. The molecule has 0 aliphatic rings. The summed E-state index contributed by atoms with van der Waals surface area (Å²) in [4.78, 5) is 15.6. The lowest BCUT2D eigenvalue weighted by molar-refractivity contribution is 0.147. The lowest BCUT2D eigenvalue weighted by atomic mass is 10.3. The zero-order valence-corrected chi connectivity index (χ0v) is 15.3. The molecule has 1 N–H and O–H groups in total. The number of hydrogen-bond donors (Lipinski definition) is 1. The van der Waals surface area contributed by atoms with Crippen molar-refractivity contribution in [3.63, 3.8) is 0 Å². The Balaban J connectivity index is 1.71. The van der Waals surface area contributed by atoms with Gasteiger partial charge in [-0.15, -0.1) is 0 Å². The summed E-state index contributed by atoms with van der Waals surface area (Å²) in [5.74, 6) is 3.07. The van der Waals surface area contributed by atoms with E-state index in [1.54, 1.807) is 0 Å². The van der Waals surface area contributed by atoms with Crippen LogP contribution in [0.3, 0.4) is 0 Å². The lowest BCUT2D eigenvalue weighted by Gasteiger charge is -2.29. The fraction of sp³-hybridized carbons (Fsp3) is 0.471. The summed E-state index contributed by atoms with van der Waals surface area (Å²) in [5, 5.41) is 3.56. The standard InChI is InChI=1S/C17H26N8/c1-14(21-11-15-18-5-8-22(15)2)25(12-16-19-6-9-23(16)3)13-17-20-7-10-24(17)4/h5-10,14,21H,11-13H2,1-4H3. The van der Waals surface area contributed by atoms with Crippen molar-refractivity contribution in [2.75, 3.05) is 0 Å². The van der Waals surface area contributed by atoms with Crippen molar-refractivity contribution in [1.29, 1.82) is 0 Å².